The molecule has 1 fully saturated rings. The van der Waals surface area contributed by atoms with E-state index in [1.807, 2.05) is 0 Å². The molecule has 1 heteroatoms. The zero-order valence-electron chi connectivity index (χ0n) is 7.84. The smallest absolute Gasteiger partial charge is 0.159 e. The molecule has 0 aliphatic heterocycles. The summed E-state index contributed by atoms with van der Waals surface area (Å²) in [5.41, 5.74) is 1.15. The zero-order valence-corrected chi connectivity index (χ0v) is 7.84. The molecule has 0 amide bonds. The van der Waals surface area contributed by atoms with Crippen LogP contribution in [0.25, 0.3) is 0 Å². The highest BCUT2D eigenvalue weighted by Gasteiger charge is 2.40. The summed E-state index contributed by atoms with van der Waals surface area (Å²) in [6.07, 6.45) is 5.55. The lowest BCUT2D eigenvalue weighted by atomic mass is 9.79. The van der Waals surface area contributed by atoms with Gasteiger partial charge in [0.25, 0.3) is 0 Å². The first-order valence-corrected chi connectivity index (χ1v) is 4.97. The largest absolute Gasteiger partial charge is 0.295 e. The second-order valence-electron chi connectivity index (χ2n) is 4.23. The lowest BCUT2D eigenvalue weighted by Crippen LogP contribution is -2.24. The molecule has 3 atom stereocenters. The summed E-state index contributed by atoms with van der Waals surface area (Å²) in [4.78, 5) is 11.1. The normalized spacial score (nSPS) is 35.5. The molecule has 0 aromatic rings. The lowest BCUT2D eigenvalue weighted by molar-refractivity contribution is -0.120. The molecule has 2 unspecified atom stereocenters. The van der Waals surface area contributed by atoms with Crippen molar-refractivity contribution >= 4 is 5.78 Å². The van der Waals surface area contributed by atoms with E-state index in [1.165, 1.54) is 12.8 Å². The zero-order chi connectivity index (χ0) is 8.72. The molecule has 2 aliphatic carbocycles. The maximum absolute atomic E-state index is 11.1. The maximum Gasteiger partial charge on any atom is 0.159 e. The van der Waals surface area contributed by atoms with Crippen molar-refractivity contribution in [3.63, 3.8) is 0 Å². The van der Waals surface area contributed by atoms with Crippen molar-refractivity contribution in [2.45, 2.75) is 33.1 Å². The van der Waals surface area contributed by atoms with Gasteiger partial charge in [-0.2, -0.15) is 0 Å². The molecule has 2 rings (SSSR count). The van der Waals surface area contributed by atoms with Gasteiger partial charge < -0.3 is 0 Å². The fourth-order valence-corrected chi connectivity index (χ4v) is 2.31. The van der Waals surface area contributed by atoms with Crippen LogP contribution in [-0.2, 0) is 4.79 Å². The highest BCUT2D eigenvalue weighted by atomic mass is 16.1. The summed E-state index contributed by atoms with van der Waals surface area (Å²) in [7, 11) is 0. The Bertz CT molecular complexity index is 239. The summed E-state index contributed by atoms with van der Waals surface area (Å²) in [5, 5.41) is 0. The molecule has 12 heavy (non-hydrogen) atoms. The third-order valence-electron chi connectivity index (χ3n) is 3.52. The van der Waals surface area contributed by atoms with E-state index >= 15 is 0 Å². The molecule has 1 nitrogen and oxygen atoms in total. The third-order valence-corrected chi connectivity index (χ3v) is 3.52. The number of allylic oxidation sites excluding steroid dienone is 2. The predicted octanol–water partition coefficient (Wildman–Crippen LogP) is 2.57. The minimum atomic E-state index is 0.408. The molecule has 0 bridgehead atoms. The molecule has 0 saturated heterocycles. The van der Waals surface area contributed by atoms with E-state index in [-0.39, 0.29) is 0 Å². The summed E-state index contributed by atoms with van der Waals surface area (Å²) in [5.74, 6) is 2.51. The first-order valence-electron chi connectivity index (χ1n) is 4.97. The van der Waals surface area contributed by atoms with Crippen LogP contribution in [0.2, 0.25) is 0 Å². The summed E-state index contributed by atoms with van der Waals surface area (Å²) >= 11 is 0. The van der Waals surface area contributed by atoms with Gasteiger partial charge in [-0.05, 0) is 29.7 Å². The SMILES string of the molecule is CCC(C)C1C=C2C(=O)C[C@@H]2C1. The molecule has 2 aliphatic rings. The Labute approximate surface area is 73.8 Å². The molecular formula is C11H16O. The van der Waals surface area contributed by atoms with Crippen LogP contribution in [0.1, 0.15) is 33.1 Å². The van der Waals surface area contributed by atoms with Crippen LogP contribution in [0.5, 0.6) is 0 Å². The van der Waals surface area contributed by atoms with Crippen molar-refractivity contribution < 1.29 is 4.79 Å². The van der Waals surface area contributed by atoms with Crippen LogP contribution >= 0.6 is 0 Å². The van der Waals surface area contributed by atoms with Crippen LogP contribution in [0.15, 0.2) is 11.6 Å². The van der Waals surface area contributed by atoms with Crippen LogP contribution in [-0.4, -0.2) is 5.78 Å². The van der Waals surface area contributed by atoms with Gasteiger partial charge in [0.05, 0.1) is 0 Å². The van der Waals surface area contributed by atoms with Gasteiger partial charge in [-0.3, -0.25) is 4.79 Å². The Morgan fingerprint density at radius 1 is 1.67 bits per heavy atom. The highest BCUT2D eigenvalue weighted by Crippen LogP contribution is 2.44. The van der Waals surface area contributed by atoms with Crippen LogP contribution in [0.3, 0.4) is 0 Å². The van der Waals surface area contributed by atoms with Gasteiger partial charge in [0.15, 0.2) is 5.78 Å². The first-order chi connectivity index (χ1) is 5.72. The fourth-order valence-electron chi connectivity index (χ4n) is 2.31. The van der Waals surface area contributed by atoms with E-state index in [1.54, 1.807) is 0 Å². The van der Waals surface area contributed by atoms with E-state index in [9.17, 15) is 4.79 Å². The van der Waals surface area contributed by atoms with Gasteiger partial charge in [0.2, 0.25) is 0 Å². The Hall–Kier alpha value is -0.590. The number of carbonyl (C=O) groups is 1. The van der Waals surface area contributed by atoms with Gasteiger partial charge in [0, 0.05) is 6.42 Å². The first kappa shape index (κ1) is 8.03. The molecule has 66 valence electrons. The second kappa shape index (κ2) is 2.72. The topological polar surface area (TPSA) is 17.1 Å². The molecule has 0 N–H and O–H groups in total. The average molecular weight is 164 g/mol. The van der Waals surface area contributed by atoms with Gasteiger partial charge in [-0.15, -0.1) is 0 Å². The van der Waals surface area contributed by atoms with E-state index in [0.717, 1.165) is 17.9 Å². The lowest BCUT2D eigenvalue weighted by Gasteiger charge is -2.23. The molecule has 0 aromatic carbocycles. The number of carbonyl (C=O) groups excluding carboxylic acids is 1. The van der Waals surface area contributed by atoms with Crippen LogP contribution < -0.4 is 0 Å². The Kier molecular flexibility index (Phi) is 1.82. The fraction of sp³-hybridized carbons (Fsp3) is 0.727. The van der Waals surface area contributed by atoms with Crippen molar-refractivity contribution in [1.82, 2.24) is 0 Å². The van der Waals surface area contributed by atoms with Gasteiger partial charge in [0.1, 0.15) is 0 Å². The Balaban J connectivity index is 2.06. The minimum absolute atomic E-state index is 0.408. The van der Waals surface area contributed by atoms with E-state index in [4.69, 9.17) is 0 Å². The monoisotopic (exact) mass is 164 g/mol. The average Bonchev–Trinajstić information content (AvgIpc) is 2.41. The summed E-state index contributed by atoms with van der Waals surface area (Å²) in [6, 6.07) is 0. The third kappa shape index (κ3) is 1.03. The van der Waals surface area contributed by atoms with Crippen molar-refractivity contribution in [1.29, 1.82) is 0 Å². The molecule has 1 saturated carbocycles. The number of hydrogen-bond acceptors (Lipinski definition) is 1. The van der Waals surface area contributed by atoms with E-state index in [0.29, 0.717) is 17.6 Å². The number of rotatable bonds is 2. The number of Topliss-reactive ketones (excluding diaryl/α,β-unsaturated/α-hetero) is 1. The standard InChI is InChI=1S/C11H16O/c1-3-7(2)8-4-9-6-11(12)10(9)5-8/h5,7-9H,3-4,6H2,1-2H3/t7?,8?,9-/m0/s1. The molecule has 0 aromatic heterocycles. The number of ketones is 1. The van der Waals surface area contributed by atoms with E-state index < -0.39 is 0 Å². The molecule has 0 radical (unpaired) electrons. The van der Waals surface area contributed by atoms with Gasteiger partial charge >= 0.3 is 0 Å². The highest BCUT2D eigenvalue weighted by molar-refractivity contribution is 6.03. The van der Waals surface area contributed by atoms with Crippen LogP contribution in [0, 0.1) is 17.8 Å². The summed E-state index contributed by atoms with van der Waals surface area (Å²) in [6.45, 7) is 4.52. The Morgan fingerprint density at radius 2 is 2.42 bits per heavy atom. The van der Waals surface area contributed by atoms with Gasteiger partial charge in [-0.1, -0.05) is 26.3 Å². The maximum atomic E-state index is 11.1. The van der Waals surface area contributed by atoms with Crippen molar-refractivity contribution in [2.24, 2.45) is 17.8 Å². The molecule has 0 heterocycles. The quantitative estimate of drug-likeness (QED) is 0.613. The predicted molar refractivity (Wildman–Crippen MR) is 48.8 cm³/mol. The van der Waals surface area contributed by atoms with E-state index in [2.05, 4.69) is 19.9 Å². The number of hydrogen-bond donors (Lipinski definition) is 0. The van der Waals surface area contributed by atoms with Crippen molar-refractivity contribution in [3.8, 4) is 0 Å². The summed E-state index contributed by atoms with van der Waals surface area (Å²) < 4.78 is 0. The van der Waals surface area contributed by atoms with Gasteiger partial charge in [-0.25, -0.2) is 0 Å². The minimum Gasteiger partial charge on any atom is -0.295 e. The molecule has 0 spiro atoms. The number of fused-ring (bicyclic) bond motifs is 1. The second-order valence-corrected chi connectivity index (χ2v) is 4.23. The van der Waals surface area contributed by atoms with Crippen LogP contribution in [0.4, 0.5) is 0 Å². The Morgan fingerprint density at radius 3 is 2.92 bits per heavy atom. The van der Waals surface area contributed by atoms with Crippen molar-refractivity contribution in [3.05, 3.63) is 11.6 Å². The molecular weight excluding hydrogens is 148 g/mol. The van der Waals surface area contributed by atoms with Crippen molar-refractivity contribution in [2.75, 3.05) is 0 Å².